The quantitative estimate of drug-likeness (QED) is 0.496. The van der Waals surface area contributed by atoms with Crippen molar-refractivity contribution in [3.63, 3.8) is 0 Å². The van der Waals surface area contributed by atoms with Gasteiger partial charge in [-0.3, -0.25) is 0 Å². The molecule has 0 amide bonds. The van der Waals surface area contributed by atoms with Crippen molar-refractivity contribution in [3.8, 4) is 5.75 Å². The summed E-state index contributed by atoms with van der Waals surface area (Å²) >= 11 is 1.96. The molecule has 1 aliphatic rings. The Morgan fingerprint density at radius 1 is 0.862 bits per heavy atom. The number of rotatable bonds is 6. The van der Waals surface area contributed by atoms with Crippen molar-refractivity contribution < 1.29 is 4.74 Å². The average molecular weight is 402 g/mol. The Hall–Kier alpha value is -2.49. The zero-order valence-corrected chi connectivity index (χ0v) is 17.9. The third-order valence-corrected chi connectivity index (χ3v) is 6.21. The number of nitrogens with zero attached hydrogens (tertiary/aromatic N) is 1. The minimum absolute atomic E-state index is 0.698. The SMILES string of the molecule is CN(C)CCOc1ccc(C(=C2CCSc3ccccc32)c2ccccc2)cc1. The van der Waals surface area contributed by atoms with Crippen LogP contribution in [0.1, 0.15) is 23.1 Å². The fourth-order valence-electron chi connectivity index (χ4n) is 3.68. The molecule has 0 unspecified atom stereocenters. The van der Waals surface area contributed by atoms with Gasteiger partial charge in [-0.2, -0.15) is 0 Å². The van der Waals surface area contributed by atoms with Gasteiger partial charge in [0, 0.05) is 17.2 Å². The monoisotopic (exact) mass is 401 g/mol. The maximum atomic E-state index is 5.90. The van der Waals surface area contributed by atoms with Gasteiger partial charge in [-0.05, 0) is 66.6 Å². The van der Waals surface area contributed by atoms with Gasteiger partial charge in [0.2, 0.25) is 0 Å². The minimum atomic E-state index is 0.698. The summed E-state index contributed by atoms with van der Waals surface area (Å²) in [6.45, 7) is 1.61. The molecule has 1 heterocycles. The lowest BCUT2D eigenvalue weighted by molar-refractivity contribution is 0.261. The molecule has 3 heteroatoms. The summed E-state index contributed by atoms with van der Waals surface area (Å²) in [5, 5.41) is 0. The van der Waals surface area contributed by atoms with E-state index >= 15 is 0 Å². The number of fused-ring (bicyclic) bond motifs is 1. The molecule has 4 rings (SSSR count). The fraction of sp³-hybridized carbons (Fsp3) is 0.231. The number of benzene rings is 3. The van der Waals surface area contributed by atoms with E-state index in [0.29, 0.717) is 6.61 Å². The molecule has 0 saturated heterocycles. The van der Waals surface area contributed by atoms with Gasteiger partial charge in [-0.25, -0.2) is 0 Å². The lowest BCUT2D eigenvalue weighted by Gasteiger charge is -2.23. The number of hydrogen-bond donors (Lipinski definition) is 0. The van der Waals surface area contributed by atoms with Crippen LogP contribution in [0.5, 0.6) is 5.75 Å². The van der Waals surface area contributed by atoms with Crippen LogP contribution in [-0.4, -0.2) is 37.9 Å². The van der Waals surface area contributed by atoms with E-state index in [1.807, 2.05) is 11.8 Å². The first-order valence-corrected chi connectivity index (χ1v) is 11.1. The highest BCUT2D eigenvalue weighted by molar-refractivity contribution is 7.99. The van der Waals surface area contributed by atoms with Gasteiger partial charge >= 0.3 is 0 Å². The van der Waals surface area contributed by atoms with Gasteiger partial charge in [0.25, 0.3) is 0 Å². The second-order valence-corrected chi connectivity index (χ2v) is 8.63. The minimum Gasteiger partial charge on any atom is -0.492 e. The number of ether oxygens (including phenoxy) is 1. The van der Waals surface area contributed by atoms with Crippen molar-refractivity contribution in [1.29, 1.82) is 0 Å². The second kappa shape index (κ2) is 9.34. The topological polar surface area (TPSA) is 12.5 Å². The highest BCUT2D eigenvalue weighted by atomic mass is 32.2. The van der Waals surface area contributed by atoms with Crippen LogP contribution >= 0.6 is 11.8 Å². The van der Waals surface area contributed by atoms with Crippen molar-refractivity contribution in [2.24, 2.45) is 0 Å². The zero-order valence-electron chi connectivity index (χ0n) is 17.1. The molecule has 2 nitrogen and oxygen atoms in total. The number of allylic oxidation sites excluding steroid dienone is 1. The van der Waals surface area contributed by atoms with Gasteiger partial charge < -0.3 is 9.64 Å². The zero-order chi connectivity index (χ0) is 20.1. The molecular weight excluding hydrogens is 374 g/mol. The van der Waals surface area contributed by atoms with Crippen molar-refractivity contribution >= 4 is 22.9 Å². The van der Waals surface area contributed by atoms with E-state index in [2.05, 4.69) is 97.9 Å². The van der Waals surface area contributed by atoms with Crippen LogP contribution in [0.15, 0.2) is 83.8 Å². The number of likely N-dealkylation sites (N-methyl/N-ethyl adjacent to an activating group) is 1. The van der Waals surface area contributed by atoms with Gasteiger partial charge in [-0.1, -0.05) is 60.7 Å². The Balaban J connectivity index is 1.74. The molecule has 29 heavy (non-hydrogen) atoms. The largest absolute Gasteiger partial charge is 0.492 e. The Morgan fingerprint density at radius 2 is 1.55 bits per heavy atom. The first kappa shape index (κ1) is 19.8. The predicted molar refractivity (Wildman–Crippen MR) is 125 cm³/mol. The molecule has 0 bridgehead atoms. The Morgan fingerprint density at radius 3 is 2.31 bits per heavy atom. The summed E-state index contributed by atoms with van der Waals surface area (Å²) in [4.78, 5) is 3.51. The van der Waals surface area contributed by atoms with E-state index in [0.717, 1.165) is 24.5 Å². The van der Waals surface area contributed by atoms with Crippen LogP contribution in [0.4, 0.5) is 0 Å². The lowest BCUT2D eigenvalue weighted by atomic mass is 9.88. The van der Waals surface area contributed by atoms with Crippen LogP contribution in [0, 0.1) is 0 Å². The van der Waals surface area contributed by atoms with E-state index in [-0.39, 0.29) is 0 Å². The summed E-state index contributed by atoms with van der Waals surface area (Å²) in [5.74, 6) is 2.04. The third kappa shape index (κ3) is 4.75. The maximum absolute atomic E-state index is 5.90. The van der Waals surface area contributed by atoms with Crippen LogP contribution in [0.25, 0.3) is 11.1 Å². The highest BCUT2D eigenvalue weighted by Gasteiger charge is 2.20. The molecule has 3 aromatic carbocycles. The van der Waals surface area contributed by atoms with Gasteiger partial charge in [0.1, 0.15) is 12.4 Å². The summed E-state index contributed by atoms with van der Waals surface area (Å²) in [7, 11) is 4.12. The van der Waals surface area contributed by atoms with E-state index in [9.17, 15) is 0 Å². The molecule has 0 aromatic heterocycles. The highest BCUT2D eigenvalue weighted by Crippen LogP contribution is 2.42. The van der Waals surface area contributed by atoms with E-state index in [4.69, 9.17) is 4.74 Å². The summed E-state index contributed by atoms with van der Waals surface area (Å²) < 4.78 is 5.90. The molecule has 0 radical (unpaired) electrons. The summed E-state index contributed by atoms with van der Waals surface area (Å²) in [5.41, 5.74) is 6.65. The van der Waals surface area contributed by atoms with E-state index in [1.54, 1.807) is 0 Å². The third-order valence-electron chi connectivity index (χ3n) is 5.14. The lowest BCUT2D eigenvalue weighted by Crippen LogP contribution is -2.19. The normalized spacial score (nSPS) is 15.1. The molecule has 148 valence electrons. The first-order valence-electron chi connectivity index (χ1n) is 10.1. The molecular formula is C26H27NOS. The van der Waals surface area contributed by atoms with Crippen LogP contribution < -0.4 is 4.74 Å². The second-order valence-electron chi connectivity index (χ2n) is 7.49. The standard InChI is InChI=1S/C26H27NOS/c1-27(2)17-18-28-22-14-12-21(13-15-22)26(20-8-4-3-5-9-20)24-16-19-29-25-11-7-6-10-23(24)25/h3-15H,16-19H2,1-2H3. The molecule has 0 spiro atoms. The van der Waals surface area contributed by atoms with Crippen molar-refractivity contribution in [3.05, 3.63) is 95.6 Å². The Labute approximate surface area is 178 Å². The van der Waals surface area contributed by atoms with Gasteiger partial charge in [-0.15, -0.1) is 11.8 Å². The Kier molecular flexibility index (Phi) is 6.38. The maximum Gasteiger partial charge on any atom is 0.119 e. The van der Waals surface area contributed by atoms with Crippen molar-refractivity contribution in [2.45, 2.75) is 11.3 Å². The molecule has 0 atom stereocenters. The van der Waals surface area contributed by atoms with E-state index in [1.165, 1.54) is 32.7 Å². The fourth-order valence-corrected chi connectivity index (χ4v) is 4.73. The predicted octanol–water partition coefficient (Wildman–Crippen LogP) is 6.08. The van der Waals surface area contributed by atoms with Gasteiger partial charge in [0.15, 0.2) is 0 Å². The molecule has 1 aliphatic heterocycles. The Bertz CT molecular complexity index is 977. The van der Waals surface area contributed by atoms with Crippen LogP contribution in [-0.2, 0) is 0 Å². The van der Waals surface area contributed by atoms with Crippen LogP contribution in [0.3, 0.4) is 0 Å². The molecule has 0 fully saturated rings. The first-order chi connectivity index (χ1) is 14.2. The number of thioether (sulfide) groups is 1. The molecule has 0 saturated carbocycles. The summed E-state index contributed by atoms with van der Waals surface area (Å²) in [6, 6.07) is 28.1. The van der Waals surface area contributed by atoms with Gasteiger partial charge in [0.05, 0.1) is 0 Å². The van der Waals surface area contributed by atoms with Crippen molar-refractivity contribution in [1.82, 2.24) is 4.90 Å². The summed E-state index contributed by atoms with van der Waals surface area (Å²) in [6.07, 6.45) is 1.08. The molecule has 0 N–H and O–H groups in total. The molecule has 0 aliphatic carbocycles. The number of hydrogen-bond acceptors (Lipinski definition) is 3. The smallest absolute Gasteiger partial charge is 0.119 e. The van der Waals surface area contributed by atoms with Crippen LogP contribution in [0.2, 0.25) is 0 Å². The van der Waals surface area contributed by atoms with Crippen molar-refractivity contribution in [2.75, 3.05) is 33.0 Å². The van der Waals surface area contributed by atoms with E-state index < -0.39 is 0 Å². The molecule has 3 aromatic rings. The average Bonchev–Trinajstić information content (AvgIpc) is 2.76.